The molecule has 154 valence electrons. The van der Waals surface area contributed by atoms with Gasteiger partial charge in [-0.2, -0.15) is 0 Å². The van der Waals surface area contributed by atoms with Gasteiger partial charge in [-0.3, -0.25) is 0 Å². The Hall–Kier alpha value is -3.59. The standard InChI is InChI=1S/C21H21N5O3S/c1-26(12-14-8-6-7-11-16(14)29-2)21-18-17(23-13-24-21)19(20(22)25-18)30(27,28)15-9-4-3-5-10-15/h3-11,13,25H,12,22H2,1-2H3. The topological polar surface area (TPSA) is 114 Å². The molecule has 0 saturated carbocycles. The molecule has 2 aromatic heterocycles. The zero-order chi connectivity index (χ0) is 21.3. The fourth-order valence-corrected chi connectivity index (χ4v) is 4.93. The van der Waals surface area contributed by atoms with Gasteiger partial charge in [0.25, 0.3) is 0 Å². The third kappa shape index (κ3) is 3.33. The Kier molecular flexibility index (Phi) is 5.04. The first kappa shape index (κ1) is 19.7. The molecule has 0 aliphatic carbocycles. The predicted octanol–water partition coefficient (Wildman–Crippen LogP) is 3.02. The molecule has 8 nitrogen and oxygen atoms in total. The van der Waals surface area contributed by atoms with Gasteiger partial charge in [0.05, 0.1) is 12.0 Å². The highest BCUT2D eigenvalue weighted by Gasteiger charge is 2.28. The number of aromatic amines is 1. The maximum Gasteiger partial charge on any atom is 0.212 e. The maximum atomic E-state index is 13.2. The molecule has 0 radical (unpaired) electrons. The fraction of sp³-hybridized carbons (Fsp3) is 0.143. The number of hydrogen-bond acceptors (Lipinski definition) is 7. The Bertz CT molecular complexity index is 1300. The van der Waals surface area contributed by atoms with Crippen LogP contribution < -0.4 is 15.4 Å². The largest absolute Gasteiger partial charge is 0.496 e. The number of nitrogen functional groups attached to an aromatic ring is 1. The molecule has 9 heteroatoms. The van der Waals surface area contributed by atoms with Gasteiger partial charge in [0.15, 0.2) is 5.82 Å². The van der Waals surface area contributed by atoms with Crippen molar-refractivity contribution in [2.75, 3.05) is 24.8 Å². The molecule has 0 aliphatic heterocycles. The van der Waals surface area contributed by atoms with E-state index in [2.05, 4.69) is 15.0 Å². The second kappa shape index (κ2) is 7.68. The van der Waals surface area contributed by atoms with Gasteiger partial charge in [-0.15, -0.1) is 0 Å². The Labute approximate surface area is 174 Å². The summed E-state index contributed by atoms with van der Waals surface area (Å²) in [6.07, 6.45) is 1.34. The van der Waals surface area contributed by atoms with Crippen molar-refractivity contribution >= 4 is 32.5 Å². The zero-order valence-electron chi connectivity index (χ0n) is 16.5. The Morgan fingerprint density at radius 2 is 1.77 bits per heavy atom. The van der Waals surface area contributed by atoms with Gasteiger partial charge in [0.1, 0.15) is 33.8 Å². The summed E-state index contributed by atoms with van der Waals surface area (Å²) in [6, 6.07) is 15.8. The van der Waals surface area contributed by atoms with Crippen molar-refractivity contribution in [3.63, 3.8) is 0 Å². The lowest BCUT2D eigenvalue weighted by atomic mass is 10.2. The summed E-state index contributed by atoms with van der Waals surface area (Å²) in [5, 5.41) is 0. The molecule has 0 bridgehead atoms. The second-order valence-corrected chi connectivity index (χ2v) is 8.66. The van der Waals surface area contributed by atoms with Gasteiger partial charge < -0.3 is 20.4 Å². The van der Waals surface area contributed by atoms with E-state index in [9.17, 15) is 8.42 Å². The van der Waals surface area contributed by atoms with Crippen LogP contribution in [0.25, 0.3) is 11.0 Å². The van der Waals surface area contributed by atoms with E-state index in [0.717, 1.165) is 11.3 Å². The monoisotopic (exact) mass is 423 g/mol. The molecule has 4 rings (SSSR count). The van der Waals surface area contributed by atoms with Crippen molar-refractivity contribution in [2.45, 2.75) is 16.3 Å². The summed E-state index contributed by atoms with van der Waals surface area (Å²) in [7, 11) is -0.373. The molecule has 0 unspecified atom stereocenters. The molecular formula is C21H21N5O3S. The number of hydrogen-bond donors (Lipinski definition) is 2. The molecule has 3 N–H and O–H groups in total. The van der Waals surface area contributed by atoms with Gasteiger partial charge in [-0.05, 0) is 18.2 Å². The van der Waals surface area contributed by atoms with Gasteiger partial charge in [-0.1, -0.05) is 36.4 Å². The van der Waals surface area contributed by atoms with Crippen LogP contribution in [0.3, 0.4) is 0 Å². The van der Waals surface area contributed by atoms with E-state index < -0.39 is 9.84 Å². The molecular weight excluding hydrogens is 402 g/mol. The van der Waals surface area contributed by atoms with E-state index >= 15 is 0 Å². The number of rotatable bonds is 6. The van der Waals surface area contributed by atoms with Crippen LogP contribution in [0.15, 0.2) is 70.7 Å². The third-order valence-corrected chi connectivity index (χ3v) is 6.67. The second-order valence-electron chi connectivity index (χ2n) is 6.77. The number of nitrogens with zero attached hydrogens (tertiary/aromatic N) is 3. The highest BCUT2D eigenvalue weighted by molar-refractivity contribution is 7.92. The first-order valence-corrected chi connectivity index (χ1v) is 10.7. The SMILES string of the molecule is COc1ccccc1CN(C)c1ncnc2c(S(=O)(=O)c3ccccc3)c(N)[nH]c12. The first-order chi connectivity index (χ1) is 14.4. The van der Waals surface area contributed by atoms with Crippen LogP contribution in [0, 0.1) is 0 Å². The van der Waals surface area contributed by atoms with Crippen molar-refractivity contribution in [2.24, 2.45) is 0 Å². The lowest BCUT2D eigenvalue weighted by Gasteiger charge is -2.20. The highest BCUT2D eigenvalue weighted by atomic mass is 32.2. The first-order valence-electron chi connectivity index (χ1n) is 9.18. The average Bonchev–Trinajstić information content (AvgIpc) is 3.11. The summed E-state index contributed by atoms with van der Waals surface area (Å²) in [6.45, 7) is 0.496. The van der Waals surface area contributed by atoms with Crippen molar-refractivity contribution in [1.82, 2.24) is 15.0 Å². The number of benzene rings is 2. The Morgan fingerprint density at radius 1 is 1.07 bits per heavy atom. The number of para-hydroxylation sites is 1. The number of fused-ring (bicyclic) bond motifs is 1. The molecule has 30 heavy (non-hydrogen) atoms. The van der Waals surface area contributed by atoms with Crippen LogP contribution in [0.2, 0.25) is 0 Å². The smallest absolute Gasteiger partial charge is 0.212 e. The molecule has 0 atom stereocenters. The molecule has 2 aromatic carbocycles. The van der Waals surface area contributed by atoms with Crippen LogP contribution in [-0.2, 0) is 16.4 Å². The van der Waals surface area contributed by atoms with E-state index in [1.807, 2.05) is 36.2 Å². The van der Waals surface area contributed by atoms with E-state index in [4.69, 9.17) is 10.5 Å². The molecule has 0 saturated heterocycles. The Balaban J connectivity index is 1.80. The minimum Gasteiger partial charge on any atom is -0.496 e. The number of H-pyrrole nitrogens is 1. The van der Waals surface area contributed by atoms with Crippen LogP contribution in [-0.4, -0.2) is 37.5 Å². The minimum absolute atomic E-state index is 0.0290. The van der Waals surface area contributed by atoms with Gasteiger partial charge in [0, 0.05) is 19.2 Å². The van der Waals surface area contributed by atoms with E-state index in [0.29, 0.717) is 17.9 Å². The summed E-state index contributed by atoms with van der Waals surface area (Å²) in [5.41, 5.74) is 7.78. The lowest BCUT2D eigenvalue weighted by molar-refractivity contribution is 0.409. The summed E-state index contributed by atoms with van der Waals surface area (Å²) < 4.78 is 31.8. The number of methoxy groups -OCH3 is 1. The molecule has 2 heterocycles. The van der Waals surface area contributed by atoms with Crippen LogP contribution in [0.5, 0.6) is 5.75 Å². The lowest BCUT2D eigenvalue weighted by Crippen LogP contribution is -2.18. The van der Waals surface area contributed by atoms with Crippen molar-refractivity contribution in [3.05, 3.63) is 66.5 Å². The molecule has 0 amide bonds. The van der Waals surface area contributed by atoms with E-state index in [1.54, 1.807) is 25.3 Å². The molecule has 4 aromatic rings. The van der Waals surface area contributed by atoms with Crippen molar-refractivity contribution in [3.8, 4) is 5.75 Å². The number of ether oxygens (including phenoxy) is 1. The van der Waals surface area contributed by atoms with Crippen molar-refractivity contribution < 1.29 is 13.2 Å². The van der Waals surface area contributed by atoms with Gasteiger partial charge in [0.2, 0.25) is 9.84 Å². The minimum atomic E-state index is -3.85. The van der Waals surface area contributed by atoms with E-state index in [-0.39, 0.29) is 21.1 Å². The van der Waals surface area contributed by atoms with Crippen LogP contribution in [0.1, 0.15) is 5.56 Å². The fourth-order valence-electron chi connectivity index (χ4n) is 3.43. The third-order valence-electron chi connectivity index (χ3n) is 4.83. The van der Waals surface area contributed by atoms with Gasteiger partial charge in [-0.25, -0.2) is 18.4 Å². The highest BCUT2D eigenvalue weighted by Crippen LogP contribution is 2.35. The van der Waals surface area contributed by atoms with Crippen LogP contribution >= 0.6 is 0 Å². The summed E-state index contributed by atoms with van der Waals surface area (Å²) >= 11 is 0. The number of nitrogens with one attached hydrogen (secondary N) is 1. The molecule has 0 aliphatic rings. The number of sulfone groups is 1. The van der Waals surface area contributed by atoms with E-state index in [1.165, 1.54) is 18.5 Å². The Morgan fingerprint density at radius 3 is 2.50 bits per heavy atom. The number of nitrogens with two attached hydrogens (primary N) is 1. The van der Waals surface area contributed by atoms with Gasteiger partial charge >= 0.3 is 0 Å². The predicted molar refractivity (Wildman–Crippen MR) is 115 cm³/mol. The normalized spacial score (nSPS) is 11.5. The average molecular weight is 423 g/mol. The number of anilines is 2. The van der Waals surface area contributed by atoms with Crippen molar-refractivity contribution in [1.29, 1.82) is 0 Å². The quantitative estimate of drug-likeness (QED) is 0.490. The molecule has 0 spiro atoms. The van der Waals surface area contributed by atoms with Crippen LogP contribution in [0.4, 0.5) is 11.6 Å². The maximum absolute atomic E-state index is 13.2. The summed E-state index contributed by atoms with van der Waals surface area (Å²) in [5.74, 6) is 1.32. The summed E-state index contributed by atoms with van der Waals surface area (Å²) in [4.78, 5) is 13.5. The molecule has 0 fully saturated rings. The zero-order valence-corrected chi connectivity index (χ0v) is 17.3. The number of aromatic nitrogens is 3.